The summed E-state index contributed by atoms with van der Waals surface area (Å²) in [4.78, 5) is 19.9. The van der Waals surface area contributed by atoms with Gasteiger partial charge in [-0.15, -0.1) is 0 Å². The van der Waals surface area contributed by atoms with Gasteiger partial charge in [-0.05, 0) is 50.9 Å². The minimum atomic E-state index is -1.01. The van der Waals surface area contributed by atoms with E-state index in [4.69, 9.17) is 10.8 Å². The molecular weight excluding hydrogens is 268 g/mol. The van der Waals surface area contributed by atoms with E-state index in [9.17, 15) is 4.79 Å². The minimum Gasteiger partial charge on any atom is -0.477 e. The van der Waals surface area contributed by atoms with E-state index in [1.165, 1.54) is 25.5 Å². The summed E-state index contributed by atoms with van der Waals surface area (Å²) in [5, 5.41) is 9.09. The van der Waals surface area contributed by atoms with E-state index >= 15 is 0 Å². The highest BCUT2D eigenvalue weighted by atomic mass is 16.4. The van der Waals surface area contributed by atoms with Gasteiger partial charge < -0.3 is 20.6 Å². The Morgan fingerprint density at radius 1 is 1.38 bits per heavy atom. The van der Waals surface area contributed by atoms with E-state index in [0.717, 1.165) is 19.5 Å². The van der Waals surface area contributed by atoms with Crippen molar-refractivity contribution in [2.45, 2.75) is 25.3 Å². The van der Waals surface area contributed by atoms with Crippen molar-refractivity contribution in [3.8, 4) is 0 Å². The van der Waals surface area contributed by atoms with Crippen molar-refractivity contribution in [2.24, 2.45) is 5.92 Å². The van der Waals surface area contributed by atoms with Gasteiger partial charge in [-0.3, -0.25) is 0 Å². The van der Waals surface area contributed by atoms with Crippen molar-refractivity contribution in [1.82, 2.24) is 9.88 Å². The van der Waals surface area contributed by atoms with E-state index in [0.29, 0.717) is 23.5 Å². The van der Waals surface area contributed by atoms with Crippen LogP contribution >= 0.6 is 0 Å². The average molecular weight is 290 g/mol. The van der Waals surface area contributed by atoms with Crippen LogP contribution in [-0.2, 0) is 0 Å². The van der Waals surface area contributed by atoms with E-state index in [1.807, 2.05) is 0 Å². The van der Waals surface area contributed by atoms with Crippen molar-refractivity contribution in [1.29, 1.82) is 0 Å². The number of aromatic nitrogens is 1. The van der Waals surface area contributed by atoms with E-state index in [-0.39, 0.29) is 5.69 Å². The smallest absolute Gasteiger partial charge is 0.354 e. The summed E-state index contributed by atoms with van der Waals surface area (Å²) in [5.74, 6) is 0.234. The molecular formula is C15H22N4O2. The molecule has 3 rings (SSSR count). The predicted molar refractivity (Wildman–Crippen MR) is 81.6 cm³/mol. The van der Waals surface area contributed by atoms with Crippen molar-refractivity contribution < 1.29 is 9.90 Å². The molecule has 2 saturated heterocycles. The fourth-order valence-corrected chi connectivity index (χ4v) is 3.68. The molecule has 0 radical (unpaired) electrons. The lowest BCUT2D eigenvalue weighted by atomic mass is 9.84. The minimum absolute atomic E-state index is 0.0575. The molecule has 0 bridgehead atoms. The fourth-order valence-electron chi connectivity index (χ4n) is 3.68. The third kappa shape index (κ3) is 2.68. The zero-order valence-electron chi connectivity index (χ0n) is 12.3. The molecule has 6 nitrogen and oxygen atoms in total. The number of carbonyl (C=O) groups is 1. The van der Waals surface area contributed by atoms with E-state index in [2.05, 4.69) is 21.8 Å². The topological polar surface area (TPSA) is 82.7 Å². The molecule has 2 fully saturated rings. The van der Waals surface area contributed by atoms with Crippen LogP contribution in [-0.4, -0.2) is 53.7 Å². The average Bonchev–Trinajstić information content (AvgIpc) is 2.47. The van der Waals surface area contributed by atoms with Crippen LogP contribution in [0.1, 0.15) is 29.8 Å². The van der Waals surface area contributed by atoms with Gasteiger partial charge in [0.25, 0.3) is 0 Å². The number of nitrogens with zero attached hydrogens (tertiary/aromatic N) is 3. The molecule has 114 valence electrons. The number of piperidine rings is 2. The largest absolute Gasteiger partial charge is 0.477 e. The molecule has 21 heavy (non-hydrogen) atoms. The van der Waals surface area contributed by atoms with Gasteiger partial charge in [-0.1, -0.05) is 0 Å². The van der Waals surface area contributed by atoms with Crippen molar-refractivity contribution >= 4 is 17.5 Å². The first-order valence-corrected chi connectivity index (χ1v) is 7.51. The second kappa shape index (κ2) is 5.52. The number of aromatic carboxylic acids is 1. The Hall–Kier alpha value is -1.82. The molecule has 2 atom stereocenters. The Balaban J connectivity index is 1.82. The van der Waals surface area contributed by atoms with Crippen LogP contribution in [0.4, 0.5) is 11.5 Å². The van der Waals surface area contributed by atoms with Crippen LogP contribution in [0.15, 0.2) is 12.1 Å². The van der Waals surface area contributed by atoms with E-state index in [1.54, 1.807) is 6.07 Å². The van der Waals surface area contributed by atoms with Crippen LogP contribution in [0.2, 0.25) is 0 Å². The summed E-state index contributed by atoms with van der Waals surface area (Å²) < 4.78 is 0. The third-order valence-electron chi connectivity index (χ3n) is 4.77. The van der Waals surface area contributed by atoms with Gasteiger partial charge in [0.1, 0.15) is 0 Å². The fraction of sp³-hybridized carbons (Fsp3) is 0.600. The van der Waals surface area contributed by atoms with Gasteiger partial charge in [0.15, 0.2) is 11.5 Å². The monoisotopic (exact) mass is 290 g/mol. The molecule has 1 aromatic heterocycles. The van der Waals surface area contributed by atoms with Gasteiger partial charge in [-0.2, -0.15) is 0 Å². The lowest BCUT2D eigenvalue weighted by Gasteiger charge is -2.46. The zero-order valence-corrected chi connectivity index (χ0v) is 12.3. The maximum Gasteiger partial charge on any atom is 0.354 e. The maximum absolute atomic E-state index is 11.1. The Morgan fingerprint density at radius 3 is 2.95 bits per heavy atom. The van der Waals surface area contributed by atoms with E-state index < -0.39 is 5.97 Å². The summed E-state index contributed by atoms with van der Waals surface area (Å²) in [6.07, 6.45) is 3.53. The third-order valence-corrected chi connectivity index (χ3v) is 4.77. The Kier molecular flexibility index (Phi) is 3.71. The highest BCUT2D eigenvalue weighted by Crippen LogP contribution is 2.33. The first-order chi connectivity index (χ1) is 10.1. The van der Waals surface area contributed by atoms with Crippen molar-refractivity contribution in [2.75, 3.05) is 37.3 Å². The molecule has 0 spiro atoms. The molecule has 6 heteroatoms. The molecule has 3 heterocycles. The van der Waals surface area contributed by atoms with Gasteiger partial charge in [0, 0.05) is 19.1 Å². The summed E-state index contributed by atoms with van der Waals surface area (Å²) in [7, 11) is 2.20. The number of rotatable bonds is 2. The van der Waals surface area contributed by atoms with Crippen molar-refractivity contribution in [3.05, 3.63) is 17.8 Å². The van der Waals surface area contributed by atoms with Gasteiger partial charge in [0.05, 0.1) is 5.69 Å². The summed E-state index contributed by atoms with van der Waals surface area (Å²) in [6.45, 7) is 2.97. The van der Waals surface area contributed by atoms with Gasteiger partial charge >= 0.3 is 5.97 Å². The number of anilines is 2. The summed E-state index contributed by atoms with van der Waals surface area (Å²) in [5.41, 5.74) is 6.62. The van der Waals surface area contributed by atoms with Gasteiger partial charge in [-0.25, -0.2) is 9.78 Å². The first kappa shape index (κ1) is 14.1. The van der Waals surface area contributed by atoms with Crippen molar-refractivity contribution in [3.63, 3.8) is 0 Å². The molecule has 0 amide bonds. The lowest BCUT2D eigenvalue weighted by molar-refractivity contribution is 0.0690. The molecule has 0 aliphatic carbocycles. The molecule has 0 saturated carbocycles. The number of nitrogen functional groups attached to an aromatic ring is 1. The molecule has 0 aromatic carbocycles. The number of pyridine rings is 1. The molecule has 3 N–H and O–H groups in total. The predicted octanol–water partition coefficient (Wildman–Crippen LogP) is 1.28. The second-order valence-corrected chi connectivity index (χ2v) is 6.10. The second-order valence-electron chi connectivity index (χ2n) is 6.10. The normalized spacial score (nSPS) is 26.4. The molecule has 2 aliphatic heterocycles. The highest BCUT2D eigenvalue weighted by Gasteiger charge is 2.35. The quantitative estimate of drug-likeness (QED) is 0.854. The summed E-state index contributed by atoms with van der Waals surface area (Å²) in [6, 6.07) is 3.74. The number of hydrogen-bond acceptors (Lipinski definition) is 5. The van der Waals surface area contributed by atoms with Crippen LogP contribution in [0.5, 0.6) is 0 Å². The molecule has 2 aliphatic rings. The number of nitrogens with two attached hydrogens (primary N) is 1. The zero-order chi connectivity index (χ0) is 15.0. The Bertz CT molecular complexity index is 548. The first-order valence-electron chi connectivity index (χ1n) is 7.51. The number of fused-ring (bicyclic) bond motifs is 1. The number of carboxylic acids is 1. The van der Waals surface area contributed by atoms with Crippen LogP contribution < -0.4 is 10.6 Å². The maximum atomic E-state index is 11.1. The summed E-state index contributed by atoms with van der Waals surface area (Å²) >= 11 is 0. The highest BCUT2D eigenvalue weighted by molar-refractivity contribution is 5.87. The Labute approximate surface area is 124 Å². The van der Waals surface area contributed by atoms with Crippen LogP contribution in [0.25, 0.3) is 0 Å². The SMILES string of the molecule is CN1CCCC2CN(c3nc(C(=O)O)ccc3N)CCC21. The molecule has 2 unspecified atom stereocenters. The number of carboxylic acid groups (broad SMARTS) is 1. The molecule has 1 aromatic rings. The van der Waals surface area contributed by atoms with Crippen LogP contribution in [0, 0.1) is 5.92 Å². The number of likely N-dealkylation sites (tertiary alicyclic amines) is 1. The Morgan fingerprint density at radius 2 is 2.19 bits per heavy atom. The van der Waals surface area contributed by atoms with Crippen LogP contribution in [0.3, 0.4) is 0 Å². The lowest BCUT2D eigenvalue weighted by Crippen LogP contribution is -2.53. The standard InChI is InChI=1S/C15H22N4O2/c1-18-7-2-3-10-9-19(8-6-13(10)18)14-11(16)4-5-12(17-14)15(20)21/h4-5,10,13H,2-3,6-9,16H2,1H3,(H,20,21). The van der Waals surface area contributed by atoms with Gasteiger partial charge in [0.2, 0.25) is 0 Å². The number of hydrogen-bond donors (Lipinski definition) is 2.